The summed E-state index contributed by atoms with van der Waals surface area (Å²) in [5, 5.41) is 0.637. The van der Waals surface area contributed by atoms with Gasteiger partial charge in [0.05, 0.1) is 16.9 Å². The maximum absolute atomic E-state index is 13.6. The van der Waals surface area contributed by atoms with Crippen molar-refractivity contribution < 1.29 is 4.79 Å². The summed E-state index contributed by atoms with van der Waals surface area (Å²) in [6.45, 7) is 10.1. The molecular formula is C26H32N4O2S. The van der Waals surface area contributed by atoms with Crippen LogP contribution in [-0.4, -0.2) is 45.0 Å². The van der Waals surface area contributed by atoms with Gasteiger partial charge in [0, 0.05) is 32.6 Å². The number of hydrogen-bond donors (Lipinski definition) is 0. The van der Waals surface area contributed by atoms with Crippen LogP contribution < -0.4 is 5.56 Å². The molecule has 0 unspecified atom stereocenters. The maximum atomic E-state index is 13.6. The van der Waals surface area contributed by atoms with Gasteiger partial charge in [-0.3, -0.25) is 19.1 Å². The highest BCUT2D eigenvalue weighted by Crippen LogP contribution is 2.30. The monoisotopic (exact) mass is 464 g/mol. The molecule has 3 aromatic rings. The number of amides is 1. The van der Waals surface area contributed by atoms with Gasteiger partial charge in [0.2, 0.25) is 0 Å². The van der Waals surface area contributed by atoms with Crippen LogP contribution in [0.15, 0.2) is 23.0 Å². The molecule has 1 saturated heterocycles. The minimum absolute atomic E-state index is 0.0277. The molecule has 0 atom stereocenters. The van der Waals surface area contributed by atoms with Gasteiger partial charge in [-0.15, -0.1) is 11.3 Å². The van der Waals surface area contributed by atoms with Crippen LogP contribution in [-0.2, 0) is 19.5 Å². The van der Waals surface area contributed by atoms with Crippen LogP contribution in [0.2, 0.25) is 0 Å². The maximum Gasteiger partial charge on any atom is 0.265 e. The Morgan fingerprint density at radius 1 is 1.06 bits per heavy atom. The summed E-state index contributed by atoms with van der Waals surface area (Å²) in [4.78, 5) is 37.4. The van der Waals surface area contributed by atoms with E-state index in [1.807, 2.05) is 16.4 Å². The minimum Gasteiger partial charge on any atom is -0.325 e. The number of thiophene rings is 1. The van der Waals surface area contributed by atoms with Crippen LogP contribution in [0.5, 0.6) is 0 Å². The number of hydrogen-bond acceptors (Lipinski definition) is 5. The normalized spacial score (nSPS) is 17.2. The van der Waals surface area contributed by atoms with E-state index in [2.05, 4.69) is 36.9 Å². The lowest BCUT2D eigenvalue weighted by molar-refractivity contribution is 0.0483. The second-order valence-electron chi connectivity index (χ2n) is 9.58. The van der Waals surface area contributed by atoms with Gasteiger partial charge >= 0.3 is 0 Å². The summed E-state index contributed by atoms with van der Waals surface area (Å²) >= 11 is 1.39. The Morgan fingerprint density at radius 3 is 2.76 bits per heavy atom. The third kappa shape index (κ3) is 4.24. The summed E-state index contributed by atoms with van der Waals surface area (Å²) in [5.41, 5.74) is 4.69. The van der Waals surface area contributed by atoms with Gasteiger partial charge in [-0.25, -0.2) is 4.98 Å². The van der Waals surface area contributed by atoms with E-state index < -0.39 is 0 Å². The second kappa shape index (κ2) is 9.03. The van der Waals surface area contributed by atoms with Gasteiger partial charge in [-0.05, 0) is 56.7 Å². The molecular weight excluding hydrogens is 432 g/mol. The quantitative estimate of drug-likeness (QED) is 0.576. The first kappa shape index (κ1) is 22.3. The van der Waals surface area contributed by atoms with E-state index in [-0.39, 0.29) is 11.5 Å². The fourth-order valence-corrected chi connectivity index (χ4v) is 6.29. The molecule has 2 aliphatic heterocycles. The first-order valence-corrected chi connectivity index (χ1v) is 12.8. The van der Waals surface area contributed by atoms with E-state index >= 15 is 0 Å². The van der Waals surface area contributed by atoms with Gasteiger partial charge in [-0.1, -0.05) is 30.2 Å². The minimum atomic E-state index is 0.0277. The van der Waals surface area contributed by atoms with Gasteiger partial charge in [0.1, 0.15) is 10.7 Å². The van der Waals surface area contributed by atoms with Gasteiger partial charge < -0.3 is 4.90 Å². The van der Waals surface area contributed by atoms with Crippen LogP contribution in [0.4, 0.5) is 0 Å². The number of fused-ring (bicyclic) bond motifs is 2. The molecule has 4 heterocycles. The molecule has 0 bridgehead atoms. The number of carbonyl (C=O) groups is 1. The van der Waals surface area contributed by atoms with Crippen LogP contribution in [0.3, 0.4) is 0 Å². The predicted molar refractivity (Wildman–Crippen MR) is 133 cm³/mol. The number of benzene rings is 1. The van der Waals surface area contributed by atoms with E-state index in [0.717, 1.165) is 74.5 Å². The number of aromatic nitrogens is 2. The molecule has 33 heavy (non-hydrogen) atoms. The molecule has 0 saturated carbocycles. The van der Waals surface area contributed by atoms with Crippen molar-refractivity contribution in [3.05, 3.63) is 61.5 Å². The van der Waals surface area contributed by atoms with Crippen LogP contribution in [0.1, 0.15) is 63.4 Å². The molecule has 0 aliphatic carbocycles. The molecule has 7 heteroatoms. The van der Waals surface area contributed by atoms with E-state index in [0.29, 0.717) is 16.9 Å². The van der Waals surface area contributed by atoms with Gasteiger partial charge in [0.25, 0.3) is 11.5 Å². The Hall–Kier alpha value is -2.51. The zero-order valence-corrected chi connectivity index (χ0v) is 20.6. The van der Waals surface area contributed by atoms with E-state index in [9.17, 15) is 9.59 Å². The average Bonchev–Trinajstić information content (AvgIpc) is 2.96. The summed E-state index contributed by atoms with van der Waals surface area (Å²) in [5.74, 6) is 0.906. The standard InChI is InChI=1S/C26H32N4O2S/c1-17-9-10-18(2)20(14-17)15-28-11-7-12-29(16-28)26(32)23-19(3)22-24(33-23)27-21-8-5-4-6-13-30(21)25(22)31/h9-10,14H,4-8,11-13,15-16H2,1-3H3. The molecule has 1 aromatic carbocycles. The summed E-state index contributed by atoms with van der Waals surface area (Å²) in [7, 11) is 0. The second-order valence-corrected chi connectivity index (χ2v) is 10.6. The van der Waals surface area contributed by atoms with Crippen LogP contribution >= 0.6 is 11.3 Å². The Bertz CT molecular complexity index is 1280. The predicted octanol–water partition coefficient (Wildman–Crippen LogP) is 4.42. The summed E-state index contributed by atoms with van der Waals surface area (Å²) in [6.07, 6.45) is 5.00. The number of carbonyl (C=O) groups excluding carboxylic acids is 1. The molecule has 0 radical (unpaired) electrons. The highest BCUT2D eigenvalue weighted by molar-refractivity contribution is 7.20. The van der Waals surface area contributed by atoms with E-state index in [4.69, 9.17) is 4.98 Å². The molecule has 0 spiro atoms. The van der Waals surface area contributed by atoms with E-state index in [1.54, 1.807) is 0 Å². The van der Waals surface area contributed by atoms with Crippen LogP contribution in [0, 0.1) is 20.8 Å². The van der Waals surface area contributed by atoms with Crippen LogP contribution in [0.25, 0.3) is 10.2 Å². The fourth-order valence-electron chi connectivity index (χ4n) is 5.13. The number of rotatable bonds is 3. The SMILES string of the molecule is Cc1ccc(C)c(CN2CCCN(C(=O)c3sc4nc5n(c(=O)c4c3C)CCCCC5)C2)c1. The smallest absolute Gasteiger partial charge is 0.265 e. The molecule has 6 nitrogen and oxygen atoms in total. The Labute approximate surface area is 198 Å². The molecule has 174 valence electrons. The Morgan fingerprint density at radius 2 is 1.91 bits per heavy atom. The molecule has 0 N–H and O–H groups in total. The fraction of sp³-hybridized carbons (Fsp3) is 0.500. The lowest BCUT2D eigenvalue weighted by Gasteiger charge is -2.35. The average molecular weight is 465 g/mol. The van der Waals surface area contributed by atoms with Crippen molar-refractivity contribution in [1.29, 1.82) is 0 Å². The lowest BCUT2D eigenvalue weighted by Crippen LogP contribution is -2.47. The zero-order chi connectivity index (χ0) is 23.1. The molecule has 1 amide bonds. The molecule has 2 aromatic heterocycles. The van der Waals surface area contributed by atoms with Gasteiger partial charge in [-0.2, -0.15) is 0 Å². The van der Waals surface area contributed by atoms with Crippen molar-refractivity contribution in [2.75, 3.05) is 19.8 Å². The van der Waals surface area contributed by atoms with Crippen molar-refractivity contribution >= 4 is 27.5 Å². The zero-order valence-electron chi connectivity index (χ0n) is 19.8. The molecule has 5 rings (SSSR count). The number of aryl methyl sites for hydroxylation is 4. The topological polar surface area (TPSA) is 58.4 Å². The van der Waals surface area contributed by atoms with Crippen molar-refractivity contribution in [2.45, 2.75) is 66.0 Å². The van der Waals surface area contributed by atoms with Crippen molar-refractivity contribution in [3.63, 3.8) is 0 Å². The van der Waals surface area contributed by atoms with Gasteiger partial charge in [0.15, 0.2) is 0 Å². The molecule has 1 fully saturated rings. The first-order chi connectivity index (χ1) is 15.9. The Kier molecular flexibility index (Phi) is 6.10. The van der Waals surface area contributed by atoms with Crippen molar-refractivity contribution in [1.82, 2.24) is 19.4 Å². The summed E-state index contributed by atoms with van der Waals surface area (Å²) < 4.78 is 1.84. The third-order valence-corrected chi connectivity index (χ3v) is 8.24. The number of nitrogens with zero attached hydrogens (tertiary/aromatic N) is 4. The van der Waals surface area contributed by atoms with Crippen molar-refractivity contribution in [2.24, 2.45) is 0 Å². The third-order valence-electron chi connectivity index (χ3n) is 7.06. The first-order valence-electron chi connectivity index (χ1n) is 12.0. The highest BCUT2D eigenvalue weighted by Gasteiger charge is 2.28. The summed E-state index contributed by atoms with van der Waals surface area (Å²) in [6, 6.07) is 6.56. The lowest BCUT2D eigenvalue weighted by atomic mass is 10.0. The Balaban J connectivity index is 1.41. The largest absolute Gasteiger partial charge is 0.325 e. The van der Waals surface area contributed by atoms with E-state index in [1.165, 1.54) is 28.0 Å². The highest BCUT2D eigenvalue weighted by atomic mass is 32.1. The molecule has 2 aliphatic rings. The van der Waals surface area contributed by atoms with Crippen molar-refractivity contribution in [3.8, 4) is 0 Å².